The third-order valence-corrected chi connectivity index (χ3v) is 4.99. The first-order valence-electron chi connectivity index (χ1n) is 7.53. The summed E-state index contributed by atoms with van der Waals surface area (Å²) in [6, 6.07) is 5.59. The van der Waals surface area contributed by atoms with Gasteiger partial charge in [0.1, 0.15) is 5.82 Å². The zero-order valence-corrected chi connectivity index (χ0v) is 13.8. The van der Waals surface area contributed by atoms with E-state index < -0.39 is 10.0 Å². The predicted octanol–water partition coefficient (Wildman–Crippen LogP) is 1.72. The van der Waals surface area contributed by atoms with E-state index in [0.717, 1.165) is 18.4 Å². The molecule has 1 amide bonds. The van der Waals surface area contributed by atoms with Crippen LogP contribution in [0.3, 0.4) is 0 Å². The molecule has 0 unspecified atom stereocenters. The van der Waals surface area contributed by atoms with Gasteiger partial charge in [-0.2, -0.15) is 0 Å². The van der Waals surface area contributed by atoms with Crippen molar-refractivity contribution in [3.05, 3.63) is 47.3 Å². The highest BCUT2D eigenvalue weighted by atomic mass is 32.2. The lowest BCUT2D eigenvalue weighted by Gasteiger charge is -2.07. The van der Waals surface area contributed by atoms with Gasteiger partial charge in [-0.15, -0.1) is 0 Å². The molecule has 0 heterocycles. The first kappa shape index (κ1) is 17.6. The Morgan fingerprint density at radius 1 is 1.30 bits per heavy atom. The number of carbonyl (C=O) groups excluding carboxylic acids is 1. The van der Waals surface area contributed by atoms with Crippen molar-refractivity contribution in [3.8, 4) is 0 Å². The number of carbonyl (C=O) groups is 1. The van der Waals surface area contributed by atoms with E-state index in [4.69, 9.17) is 0 Å². The van der Waals surface area contributed by atoms with E-state index in [-0.39, 0.29) is 30.6 Å². The maximum atomic E-state index is 12.8. The summed E-state index contributed by atoms with van der Waals surface area (Å²) in [6.45, 7) is 2.06. The summed E-state index contributed by atoms with van der Waals surface area (Å²) < 4.78 is 38.9. The molecule has 1 aliphatic carbocycles. The summed E-state index contributed by atoms with van der Waals surface area (Å²) in [5, 5.41) is 2.57. The van der Waals surface area contributed by atoms with Gasteiger partial charge in [0.25, 0.3) is 0 Å². The minimum absolute atomic E-state index is 0.0476. The smallest absolute Gasteiger partial charge is 0.243 e. The maximum Gasteiger partial charge on any atom is 0.243 e. The quantitative estimate of drug-likeness (QED) is 0.708. The van der Waals surface area contributed by atoms with Crippen LogP contribution in [0.15, 0.2) is 35.9 Å². The third-order valence-electron chi connectivity index (χ3n) is 3.66. The molecule has 2 N–H and O–H groups in total. The first-order chi connectivity index (χ1) is 10.9. The number of nitrogens with one attached hydrogen (secondary N) is 2. The topological polar surface area (TPSA) is 75.3 Å². The average Bonchev–Trinajstić information content (AvgIpc) is 3.31. The van der Waals surface area contributed by atoms with Crippen molar-refractivity contribution in [2.75, 3.05) is 12.3 Å². The molecule has 2 rings (SSSR count). The second kappa shape index (κ2) is 7.70. The van der Waals surface area contributed by atoms with Crippen LogP contribution in [0, 0.1) is 11.7 Å². The molecule has 0 radical (unpaired) electrons. The molecule has 1 fully saturated rings. The summed E-state index contributed by atoms with van der Waals surface area (Å²) in [5.41, 5.74) is 1.71. The molecule has 0 atom stereocenters. The maximum absolute atomic E-state index is 12.8. The van der Waals surface area contributed by atoms with Crippen LogP contribution < -0.4 is 10.0 Å². The molecule has 1 aromatic carbocycles. The van der Waals surface area contributed by atoms with E-state index in [1.807, 2.05) is 6.92 Å². The van der Waals surface area contributed by atoms with Gasteiger partial charge in [-0.3, -0.25) is 4.79 Å². The van der Waals surface area contributed by atoms with Crippen LogP contribution in [0.1, 0.15) is 25.3 Å². The highest BCUT2D eigenvalue weighted by Gasteiger charge is 2.23. The van der Waals surface area contributed by atoms with Crippen molar-refractivity contribution < 1.29 is 17.6 Å². The van der Waals surface area contributed by atoms with E-state index in [9.17, 15) is 17.6 Å². The van der Waals surface area contributed by atoms with Gasteiger partial charge in [-0.05, 0) is 43.4 Å². The van der Waals surface area contributed by atoms with Crippen molar-refractivity contribution in [3.63, 3.8) is 0 Å². The molecule has 0 aliphatic heterocycles. The van der Waals surface area contributed by atoms with Crippen LogP contribution >= 0.6 is 0 Å². The number of benzene rings is 1. The van der Waals surface area contributed by atoms with Gasteiger partial charge in [-0.1, -0.05) is 17.7 Å². The van der Waals surface area contributed by atoms with Gasteiger partial charge < -0.3 is 5.32 Å². The molecule has 1 aromatic rings. The molecular weight excluding hydrogens is 319 g/mol. The number of allylic oxidation sites excluding steroid dienone is 1. The second-order valence-corrected chi connectivity index (χ2v) is 7.65. The molecule has 0 saturated heterocycles. The Balaban J connectivity index is 1.72. The molecule has 0 spiro atoms. The minimum Gasteiger partial charge on any atom is -0.351 e. The highest BCUT2D eigenvalue weighted by molar-refractivity contribution is 7.89. The number of hydrogen-bond acceptors (Lipinski definition) is 3. The summed E-state index contributed by atoms with van der Waals surface area (Å²) >= 11 is 0. The largest absolute Gasteiger partial charge is 0.351 e. The van der Waals surface area contributed by atoms with E-state index >= 15 is 0 Å². The molecule has 0 bridgehead atoms. The zero-order valence-electron chi connectivity index (χ0n) is 13.0. The fourth-order valence-electron chi connectivity index (χ4n) is 2.09. The predicted molar refractivity (Wildman–Crippen MR) is 86.5 cm³/mol. The Morgan fingerprint density at radius 2 is 1.96 bits per heavy atom. The van der Waals surface area contributed by atoms with E-state index in [1.165, 1.54) is 30.3 Å². The Labute approximate surface area is 136 Å². The van der Waals surface area contributed by atoms with Gasteiger partial charge in [0.2, 0.25) is 15.9 Å². The van der Waals surface area contributed by atoms with Gasteiger partial charge in [0, 0.05) is 19.2 Å². The Morgan fingerprint density at radius 3 is 2.57 bits per heavy atom. The SMILES string of the molecule is CC(=CC(=O)NCCS(=O)(=O)NCc1ccc(F)cc1)C1CC1. The molecule has 126 valence electrons. The molecule has 5 nitrogen and oxygen atoms in total. The Kier molecular flexibility index (Phi) is 5.90. The van der Waals surface area contributed by atoms with E-state index in [0.29, 0.717) is 11.5 Å². The Hall–Kier alpha value is -1.73. The number of halogens is 1. The van der Waals surface area contributed by atoms with Crippen LogP contribution in [0.2, 0.25) is 0 Å². The molecular formula is C16H21FN2O3S. The van der Waals surface area contributed by atoms with Gasteiger partial charge in [0.05, 0.1) is 5.75 Å². The van der Waals surface area contributed by atoms with Crippen LogP contribution in [0.25, 0.3) is 0 Å². The first-order valence-corrected chi connectivity index (χ1v) is 9.19. The summed E-state index contributed by atoms with van der Waals surface area (Å²) in [7, 11) is -3.50. The summed E-state index contributed by atoms with van der Waals surface area (Å²) in [6.07, 6.45) is 3.78. The monoisotopic (exact) mass is 340 g/mol. The number of sulfonamides is 1. The van der Waals surface area contributed by atoms with Gasteiger partial charge >= 0.3 is 0 Å². The van der Waals surface area contributed by atoms with Gasteiger partial charge in [-0.25, -0.2) is 17.5 Å². The lowest BCUT2D eigenvalue weighted by Crippen LogP contribution is -2.33. The van der Waals surface area contributed by atoms with Crippen LogP contribution in [-0.2, 0) is 21.4 Å². The van der Waals surface area contributed by atoms with Crippen LogP contribution in [0.5, 0.6) is 0 Å². The number of hydrogen-bond donors (Lipinski definition) is 2. The van der Waals surface area contributed by atoms with Crippen molar-refractivity contribution >= 4 is 15.9 Å². The fraction of sp³-hybridized carbons (Fsp3) is 0.438. The summed E-state index contributed by atoms with van der Waals surface area (Å²) in [5.74, 6) is -0.310. The van der Waals surface area contributed by atoms with Crippen molar-refractivity contribution in [2.24, 2.45) is 5.92 Å². The molecule has 23 heavy (non-hydrogen) atoms. The molecule has 7 heteroatoms. The Bertz CT molecular complexity index is 680. The van der Waals surface area contributed by atoms with Gasteiger partial charge in [0.15, 0.2) is 0 Å². The molecule has 0 aromatic heterocycles. The lowest BCUT2D eigenvalue weighted by atomic mass is 10.2. The summed E-state index contributed by atoms with van der Waals surface area (Å²) in [4.78, 5) is 11.6. The molecule has 1 saturated carbocycles. The van der Waals surface area contributed by atoms with Crippen LogP contribution in [-0.4, -0.2) is 26.6 Å². The highest BCUT2D eigenvalue weighted by Crippen LogP contribution is 2.35. The lowest BCUT2D eigenvalue weighted by molar-refractivity contribution is -0.116. The fourth-order valence-corrected chi connectivity index (χ4v) is 2.99. The van der Waals surface area contributed by atoms with Crippen molar-refractivity contribution in [2.45, 2.75) is 26.3 Å². The van der Waals surface area contributed by atoms with E-state index in [1.54, 1.807) is 0 Å². The average molecular weight is 340 g/mol. The van der Waals surface area contributed by atoms with Crippen molar-refractivity contribution in [1.29, 1.82) is 0 Å². The number of amides is 1. The van der Waals surface area contributed by atoms with Crippen LogP contribution in [0.4, 0.5) is 4.39 Å². The van der Waals surface area contributed by atoms with Crippen molar-refractivity contribution in [1.82, 2.24) is 10.0 Å². The normalized spacial score (nSPS) is 15.5. The number of rotatable bonds is 8. The minimum atomic E-state index is -3.50. The third kappa shape index (κ3) is 6.50. The van der Waals surface area contributed by atoms with E-state index in [2.05, 4.69) is 10.0 Å². The molecule has 1 aliphatic rings. The standard InChI is InChI=1S/C16H21FN2O3S/c1-12(14-4-5-14)10-16(20)18-8-9-23(21,22)19-11-13-2-6-15(17)7-3-13/h2-3,6-7,10,14,19H,4-5,8-9,11H2,1H3,(H,18,20). The zero-order chi connectivity index (χ0) is 16.9. The second-order valence-electron chi connectivity index (χ2n) is 5.72.